The van der Waals surface area contributed by atoms with Crippen molar-refractivity contribution in [3.63, 3.8) is 0 Å². The molecule has 1 aliphatic rings. The molecule has 0 unspecified atom stereocenters. The molecular weight excluding hydrogens is 463 g/mol. The normalized spacial score (nSPS) is 14.9. The van der Waals surface area contributed by atoms with E-state index in [-0.39, 0.29) is 18.2 Å². The van der Waals surface area contributed by atoms with Crippen LogP contribution in [0.2, 0.25) is 0 Å². The molecule has 0 bridgehead atoms. The molecule has 0 saturated carbocycles. The number of fused-ring (bicyclic) bond motifs is 1. The van der Waals surface area contributed by atoms with Crippen molar-refractivity contribution in [1.29, 1.82) is 0 Å². The van der Waals surface area contributed by atoms with Crippen LogP contribution in [0, 0.1) is 5.92 Å². The van der Waals surface area contributed by atoms with E-state index in [1.165, 1.54) is 6.20 Å². The van der Waals surface area contributed by atoms with Crippen molar-refractivity contribution in [3.8, 4) is 11.4 Å². The number of benzene rings is 1. The number of aliphatic carboxylic acids is 1. The maximum absolute atomic E-state index is 13.6. The van der Waals surface area contributed by atoms with Crippen LogP contribution in [0.3, 0.4) is 0 Å². The molecule has 1 saturated heterocycles. The van der Waals surface area contributed by atoms with Gasteiger partial charge >= 0.3 is 12.1 Å². The van der Waals surface area contributed by atoms with Crippen molar-refractivity contribution in [2.45, 2.75) is 19.3 Å². The van der Waals surface area contributed by atoms with Gasteiger partial charge in [0.15, 0.2) is 0 Å². The fourth-order valence-electron chi connectivity index (χ4n) is 4.19. The molecule has 8 nitrogen and oxygen atoms in total. The number of carbonyl (C=O) groups is 1. The molecule has 5 rings (SSSR count). The summed E-state index contributed by atoms with van der Waals surface area (Å²) in [6.07, 6.45) is -3.04. The van der Waals surface area contributed by atoms with E-state index >= 15 is 0 Å². The Labute approximate surface area is 198 Å². The number of alkyl halides is 3. The minimum Gasteiger partial charge on any atom is -0.486 e. The van der Waals surface area contributed by atoms with Crippen LogP contribution in [0.1, 0.15) is 17.1 Å². The molecule has 4 aromatic rings. The number of hydrogen-bond acceptors (Lipinski definition) is 5. The average Bonchev–Trinajstić information content (AvgIpc) is 3.36. The second-order valence-corrected chi connectivity index (χ2v) is 8.56. The Balaban J connectivity index is 1.31. The van der Waals surface area contributed by atoms with Gasteiger partial charge in [0, 0.05) is 37.8 Å². The van der Waals surface area contributed by atoms with Crippen LogP contribution in [-0.2, 0) is 31.2 Å². The van der Waals surface area contributed by atoms with E-state index in [1.807, 2.05) is 22.6 Å². The Kier molecular flexibility index (Phi) is 5.72. The van der Waals surface area contributed by atoms with Crippen molar-refractivity contribution < 1.29 is 27.8 Å². The SMILES string of the molecule is Cn1c(CN2CC(C(=O)O)C2)cc2cc(OCc3cc(C(F)(F)F)n(-c4ccccc4)n3)cnc21. The molecule has 4 heterocycles. The third-order valence-corrected chi connectivity index (χ3v) is 6.07. The van der Waals surface area contributed by atoms with Gasteiger partial charge in [0.2, 0.25) is 0 Å². The highest BCUT2D eigenvalue weighted by atomic mass is 19.4. The van der Waals surface area contributed by atoms with Crippen molar-refractivity contribution in [2.75, 3.05) is 13.1 Å². The summed E-state index contributed by atoms with van der Waals surface area (Å²) in [5, 5.41) is 14.0. The molecule has 11 heteroatoms. The largest absolute Gasteiger partial charge is 0.486 e. The second kappa shape index (κ2) is 8.73. The van der Waals surface area contributed by atoms with Crippen LogP contribution in [0.5, 0.6) is 5.75 Å². The highest BCUT2D eigenvalue weighted by Crippen LogP contribution is 2.32. The summed E-state index contributed by atoms with van der Waals surface area (Å²) in [6.45, 7) is 1.46. The number of likely N-dealkylation sites (tertiary alicyclic amines) is 1. The molecular formula is C24H22F3N5O3. The molecule has 0 aliphatic carbocycles. The highest BCUT2D eigenvalue weighted by Gasteiger charge is 2.36. The zero-order valence-electron chi connectivity index (χ0n) is 18.7. The third kappa shape index (κ3) is 4.59. The van der Waals surface area contributed by atoms with Gasteiger partial charge in [0.1, 0.15) is 29.4 Å². The van der Waals surface area contributed by atoms with E-state index in [0.29, 0.717) is 31.1 Å². The number of aryl methyl sites for hydroxylation is 1. The van der Waals surface area contributed by atoms with Gasteiger partial charge in [-0.15, -0.1) is 0 Å². The Bertz CT molecular complexity index is 1370. The molecule has 35 heavy (non-hydrogen) atoms. The van der Waals surface area contributed by atoms with Gasteiger partial charge in [0.25, 0.3) is 0 Å². The first kappa shape index (κ1) is 22.9. The quantitative estimate of drug-likeness (QED) is 0.428. The summed E-state index contributed by atoms with van der Waals surface area (Å²) in [7, 11) is 1.88. The number of nitrogens with zero attached hydrogens (tertiary/aromatic N) is 5. The summed E-state index contributed by atoms with van der Waals surface area (Å²) in [5.74, 6) is -0.698. The minimum atomic E-state index is -4.57. The number of carboxylic acids is 1. The lowest BCUT2D eigenvalue weighted by Crippen LogP contribution is -2.49. The molecule has 0 amide bonds. The first-order valence-corrected chi connectivity index (χ1v) is 10.9. The summed E-state index contributed by atoms with van der Waals surface area (Å²) in [6, 6.07) is 12.8. The number of halogens is 3. The van der Waals surface area contributed by atoms with Crippen LogP contribution in [0.4, 0.5) is 13.2 Å². The number of hydrogen-bond donors (Lipinski definition) is 1. The molecule has 0 radical (unpaired) electrons. The second-order valence-electron chi connectivity index (χ2n) is 8.56. The van der Waals surface area contributed by atoms with Crippen LogP contribution in [-0.4, -0.2) is 48.4 Å². The Morgan fingerprint density at radius 3 is 2.60 bits per heavy atom. The van der Waals surface area contributed by atoms with Gasteiger partial charge in [0.05, 0.1) is 17.8 Å². The van der Waals surface area contributed by atoms with Gasteiger partial charge in [-0.25, -0.2) is 9.67 Å². The monoisotopic (exact) mass is 485 g/mol. The van der Waals surface area contributed by atoms with E-state index < -0.39 is 17.8 Å². The molecule has 1 N–H and O–H groups in total. The van der Waals surface area contributed by atoms with Crippen LogP contribution >= 0.6 is 0 Å². The van der Waals surface area contributed by atoms with Crippen molar-refractivity contribution >= 4 is 17.0 Å². The highest BCUT2D eigenvalue weighted by molar-refractivity contribution is 5.78. The number of carboxylic acid groups (broad SMARTS) is 1. The van der Waals surface area contributed by atoms with E-state index in [2.05, 4.69) is 10.1 Å². The zero-order valence-corrected chi connectivity index (χ0v) is 18.7. The Hall–Kier alpha value is -3.86. The van der Waals surface area contributed by atoms with E-state index in [0.717, 1.165) is 27.5 Å². The maximum Gasteiger partial charge on any atom is 0.433 e. The lowest BCUT2D eigenvalue weighted by atomic mass is 10.0. The predicted molar refractivity (Wildman–Crippen MR) is 120 cm³/mol. The van der Waals surface area contributed by atoms with Gasteiger partial charge in [-0.3, -0.25) is 9.69 Å². The fraction of sp³-hybridized carbons (Fsp3) is 0.292. The maximum atomic E-state index is 13.6. The lowest BCUT2D eigenvalue weighted by molar-refractivity contribution is -0.147. The predicted octanol–water partition coefficient (Wildman–Crippen LogP) is 3.87. The fourth-order valence-corrected chi connectivity index (χ4v) is 4.19. The lowest BCUT2D eigenvalue weighted by Gasteiger charge is -2.36. The van der Waals surface area contributed by atoms with Gasteiger partial charge in [-0.2, -0.15) is 18.3 Å². The molecule has 1 aliphatic heterocycles. The molecule has 0 atom stereocenters. The van der Waals surface area contributed by atoms with Gasteiger partial charge < -0.3 is 14.4 Å². The summed E-state index contributed by atoms with van der Waals surface area (Å²) in [5.41, 5.74) is 1.28. The molecule has 1 fully saturated rings. The first-order chi connectivity index (χ1) is 16.7. The van der Waals surface area contributed by atoms with Crippen LogP contribution in [0.15, 0.2) is 54.7 Å². The minimum absolute atomic E-state index is 0.140. The Morgan fingerprint density at radius 2 is 1.91 bits per heavy atom. The summed E-state index contributed by atoms with van der Waals surface area (Å²) in [4.78, 5) is 17.5. The molecule has 182 valence electrons. The zero-order chi connectivity index (χ0) is 24.7. The number of para-hydroxylation sites is 1. The van der Waals surface area contributed by atoms with Crippen molar-refractivity contribution in [1.82, 2.24) is 24.2 Å². The summed E-state index contributed by atoms with van der Waals surface area (Å²) >= 11 is 0. The van der Waals surface area contributed by atoms with Crippen LogP contribution < -0.4 is 4.74 Å². The van der Waals surface area contributed by atoms with Crippen molar-refractivity contribution in [3.05, 3.63) is 71.8 Å². The van der Waals surface area contributed by atoms with E-state index in [1.54, 1.807) is 36.4 Å². The number of rotatable bonds is 7. The molecule has 3 aromatic heterocycles. The molecule has 1 aromatic carbocycles. The van der Waals surface area contributed by atoms with Crippen LogP contribution in [0.25, 0.3) is 16.7 Å². The van der Waals surface area contributed by atoms with E-state index in [9.17, 15) is 18.0 Å². The smallest absolute Gasteiger partial charge is 0.433 e. The van der Waals surface area contributed by atoms with Crippen molar-refractivity contribution in [2.24, 2.45) is 13.0 Å². The van der Waals surface area contributed by atoms with E-state index in [4.69, 9.17) is 9.84 Å². The van der Waals surface area contributed by atoms with Gasteiger partial charge in [-0.05, 0) is 30.3 Å². The topological polar surface area (TPSA) is 85.4 Å². The standard InChI is InChI=1S/C24H22F3N5O3/c1-30-19(13-31-11-16(12-31)23(33)34)7-15-8-20(10-28-22(15)30)35-14-17-9-21(24(25,26)27)32(29-17)18-5-3-2-4-6-18/h2-10,16H,11-14H2,1H3,(H,33,34). The number of pyridine rings is 1. The van der Waals surface area contributed by atoms with Gasteiger partial charge in [-0.1, -0.05) is 18.2 Å². The number of aromatic nitrogens is 4. The average molecular weight is 485 g/mol. The molecule has 0 spiro atoms. The Morgan fingerprint density at radius 1 is 1.17 bits per heavy atom. The number of ether oxygens (including phenoxy) is 1. The third-order valence-electron chi connectivity index (χ3n) is 6.07. The first-order valence-electron chi connectivity index (χ1n) is 10.9. The summed E-state index contributed by atoms with van der Waals surface area (Å²) < 4.78 is 49.2.